The van der Waals surface area contributed by atoms with Crippen molar-refractivity contribution in [3.8, 4) is 5.75 Å². The molecule has 2 heterocycles. The van der Waals surface area contributed by atoms with E-state index in [0.29, 0.717) is 21.4 Å². The Kier molecular flexibility index (Phi) is 6.13. The number of amides is 1. The van der Waals surface area contributed by atoms with Crippen molar-refractivity contribution in [3.63, 3.8) is 0 Å². The van der Waals surface area contributed by atoms with Crippen LogP contribution >= 0.6 is 11.8 Å². The monoisotopic (exact) mass is 448 g/mol. The molecule has 0 atom stereocenters. The van der Waals surface area contributed by atoms with Crippen molar-refractivity contribution in [1.82, 2.24) is 4.90 Å². The van der Waals surface area contributed by atoms with Crippen molar-refractivity contribution in [1.29, 1.82) is 0 Å². The summed E-state index contributed by atoms with van der Waals surface area (Å²) in [6.45, 7) is 0.185. The first-order valence-corrected chi connectivity index (χ1v) is 10.2. The molecule has 0 bridgehead atoms. The van der Waals surface area contributed by atoms with Gasteiger partial charge in [0, 0.05) is 12.1 Å². The van der Waals surface area contributed by atoms with E-state index in [0.717, 1.165) is 17.3 Å². The maximum atomic E-state index is 13.0. The van der Waals surface area contributed by atoms with Gasteiger partial charge in [-0.3, -0.25) is 19.8 Å². The Labute approximate surface area is 186 Å². The second-order valence-corrected chi connectivity index (χ2v) is 7.66. The van der Waals surface area contributed by atoms with Gasteiger partial charge < -0.3 is 9.52 Å². The molecule has 2 aromatic carbocycles. The van der Waals surface area contributed by atoms with Gasteiger partial charge in [0.2, 0.25) is 0 Å². The zero-order chi connectivity index (χ0) is 22.5. The van der Waals surface area contributed by atoms with Crippen LogP contribution in [0.4, 0.5) is 5.69 Å². The third kappa shape index (κ3) is 4.93. The van der Waals surface area contributed by atoms with Crippen LogP contribution in [0.15, 0.2) is 86.5 Å². The average Bonchev–Trinajstić information content (AvgIpc) is 3.40. The van der Waals surface area contributed by atoms with Crippen LogP contribution in [0.3, 0.4) is 0 Å². The number of nitro groups is 1. The quantitative estimate of drug-likeness (QED) is 0.258. The molecule has 9 nitrogen and oxygen atoms in total. The Hall–Kier alpha value is -4.18. The third-order valence-electron chi connectivity index (χ3n) is 4.43. The van der Waals surface area contributed by atoms with Gasteiger partial charge in [0.15, 0.2) is 5.17 Å². The molecule has 0 aliphatic carbocycles. The molecule has 0 spiro atoms. The van der Waals surface area contributed by atoms with E-state index in [1.165, 1.54) is 41.6 Å². The van der Waals surface area contributed by atoms with Gasteiger partial charge in [0.05, 0.1) is 28.9 Å². The van der Waals surface area contributed by atoms with Crippen molar-refractivity contribution in [2.24, 2.45) is 10.2 Å². The van der Waals surface area contributed by atoms with E-state index in [4.69, 9.17) is 4.42 Å². The molecule has 0 radical (unpaired) electrons. The number of thioether (sulfide) groups is 1. The van der Waals surface area contributed by atoms with Crippen LogP contribution in [0.1, 0.15) is 16.9 Å². The fourth-order valence-corrected chi connectivity index (χ4v) is 3.76. The van der Waals surface area contributed by atoms with Crippen LogP contribution in [0.5, 0.6) is 5.75 Å². The van der Waals surface area contributed by atoms with Crippen LogP contribution in [0.2, 0.25) is 0 Å². The molecule has 10 heteroatoms. The summed E-state index contributed by atoms with van der Waals surface area (Å²) in [5, 5.41) is 28.9. The highest BCUT2D eigenvalue weighted by Gasteiger charge is 2.34. The molecule has 160 valence electrons. The molecule has 1 saturated heterocycles. The molecular weight excluding hydrogens is 432 g/mol. The molecule has 1 aromatic heterocycles. The zero-order valence-corrected chi connectivity index (χ0v) is 17.3. The second kappa shape index (κ2) is 9.31. The molecule has 0 saturated carbocycles. The third-order valence-corrected chi connectivity index (χ3v) is 5.42. The van der Waals surface area contributed by atoms with Crippen LogP contribution in [0, 0.1) is 10.1 Å². The highest BCUT2D eigenvalue weighted by Crippen LogP contribution is 2.34. The van der Waals surface area contributed by atoms with Gasteiger partial charge >= 0.3 is 0 Å². The van der Waals surface area contributed by atoms with Gasteiger partial charge in [-0.1, -0.05) is 0 Å². The van der Waals surface area contributed by atoms with Crippen LogP contribution in [-0.2, 0) is 11.3 Å². The van der Waals surface area contributed by atoms with E-state index in [9.17, 15) is 20.0 Å². The number of carbonyl (C=O) groups excluding carboxylic acids is 1. The largest absolute Gasteiger partial charge is 0.508 e. The van der Waals surface area contributed by atoms with Crippen LogP contribution in [0.25, 0.3) is 6.08 Å². The Bertz CT molecular complexity index is 1220. The van der Waals surface area contributed by atoms with E-state index in [1.807, 2.05) is 0 Å². The number of phenols is 1. The number of hydrogen-bond donors (Lipinski definition) is 1. The smallest absolute Gasteiger partial charge is 0.269 e. The maximum Gasteiger partial charge on any atom is 0.269 e. The minimum atomic E-state index is -0.478. The van der Waals surface area contributed by atoms with Gasteiger partial charge in [-0.05, 0) is 77.5 Å². The number of nitrogens with zero attached hydrogens (tertiary/aromatic N) is 4. The summed E-state index contributed by atoms with van der Waals surface area (Å²) in [5.41, 5.74) is 1.36. The van der Waals surface area contributed by atoms with Gasteiger partial charge in [0.1, 0.15) is 11.5 Å². The maximum absolute atomic E-state index is 13.0. The molecular formula is C22H16N4O5S. The summed E-state index contributed by atoms with van der Waals surface area (Å²) in [6.07, 6.45) is 4.69. The summed E-state index contributed by atoms with van der Waals surface area (Å²) in [7, 11) is 0. The molecule has 1 aliphatic rings. The molecule has 1 N–H and O–H groups in total. The topological polar surface area (TPSA) is 122 Å². The number of non-ortho nitro benzene ring substituents is 1. The Morgan fingerprint density at radius 2 is 1.81 bits per heavy atom. The van der Waals surface area contributed by atoms with Crippen LogP contribution < -0.4 is 0 Å². The molecule has 32 heavy (non-hydrogen) atoms. The Morgan fingerprint density at radius 3 is 2.47 bits per heavy atom. The Morgan fingerprint density at radius 1 is 1.09 bits per heavy atom. The summed E-state index contributed by atoms with van der Waals surface area (Å²) in [4.78, 5) is 25.2. The van der Waals surface area contributed by atoms with Crippen LogP contribution in [-0.4, -0.2) is 32.2 Å². The van der Waals surface area contributed by atoms with E-state index < -0.39 is 4.92 Å². The lowest BCUT2D eigenvalue weighted by Gasteiger charge is -2.12. The molecule has 1 aliphatic heterocycles. The van der Waals surface area contributed by atoms with Crippen molar-refractivity contribution < 1.29 is 19.2 Å². The van der Waals surface area contributed by atoms with Crippen molar-refractivity contribution in [2.45, 2.75) is 6.54 Å². The number of nitro benzene ring substituents is 1. The molecule has 1 amide bonds. The minimum absolute atomic E-state index is 0.0252. The van der Waals surface area contributed by atoms with E-state index in [1.54, 1.807) is 42.5 Å². The van der Waals surface area contributed by atoms with Gasteiger partial charge in [0.25, 0.3) is 11.6 Å². The number of amidine groups is 1. The Balaban J connectivity index is 1.60. The SMILES string of the molecule is O=C1/C(=C/c2ccc([N+](=O)[O-])cc2)S/C(=N\N=C\c2ccc(O)cc2)N1Cc1ccco1. The fraction of sp³-hybridized carbons (Fsp3) is 0.0455. The minimum Gasteiger partial charge on any atom is -0.508 e. The van der Waals surface area contributed by atoms with E-state index in [2.05, 4.69) is 10.2 Å². The van der Waals surface area contributed by atoms with Gasteiger partial charge in [-0.15, -0.1) is 5.10 Å². The first-order chi connectivity index (χ1) is 15.5. The summed E-state index contributed by atoms with van der Waals surface area (Å²) in [6, 6.07) is 15.9. The number of carbonyl (C=O) groups is 1. The van der Waals surface area contributed by atoms with E-state index in [-0.39, 0.29) is 23.9 Å². The lowest BCUT2D eigenvalue weighted by atomic mass is 10.2. The molecule has 1 fully saturated rings. The van der Waals surface area contributed by atoms with Gasteiger partial charge in [-0.25, -0.2) is 0 Å². The number of aromatic hydroxyl groups is 1. The summed E-state index contributed by atoms with van der Waals surface area (Å²) >= 11 is 1.15. The number of phenolic OH excluding ortho intramolecular Hbond substituents is 1. The second-order valence-electron chi connectivity index (χ2n) is 6.65. The summed E-state index contributed by atoms with van der Waals surface area (Å²) < 4.78 is 5.36. The zero-order valence-electron chi connectivity index (χ0n) is 16.5. The number of hydrogen-bond acceptors (Lipinski definition) is 8. The average molecular weight is 448 g/mol. The first-order valence-electron chi connectivity index (χ1n) is 9.38. The highest BCUT2D eigenvalue weighted by molar-refractivity contribution is 8.18. The lowest BCUT2D eigenvalue weighted by molar-refractivity contribution is -0.384. The molecule has 0 unspecified atom stereocenters. The van der Waals surface area contributed by atoms with E-state index >= 15 is 0 Å². The standard InChI is InChI=1S/C22H16N4O5S/c27-18-9-5-16(6-10-18)13-23-24-22-25(14-19-2-1-11-31-19)21(28)20(32-22)12-15-3-7-17(8-4-15)26(29)30/h1-13,27H,14H2/b20-12-,23-13+,24-22-. The summed E-state index contributed by atoms with van der Waals surface area (Å²) in [5.74, 6) is 0.463. The number of rotatable bonds is 6. The van der Waals surface area contributed by atoms with Crippen molar-refractivity contribution in [3.05, 3.63) is 98.8 Å². The van der Waals surface area contributed by atoms with Gasteiger partial charge in [-0.2, -0.15) is 5.10 Å². The van der Waals surface area contributed by atoms with Crippen molar-refractivity contribution >= 4 is 40.8 Å². The molecule has 4 rings (SSSR count). The predicted molar refractivity (Wildman–Crippen MR) is 121 cm³/mol. The lowest BCUT2D eigenvalue weighted by Crippen LogP contribution is -2.28. The molecule has 3 aromatic rings. The number of furan rings is 1. The fourth-order valence-electron chi connectivity index (χ4n) is 2.83. The first kappa shape index (κ1) is 21.1. The van der Waals surface area contributed by atoms with Crippen molar-refractivity contribution in [2.75, 3.05) is 0 Å². The normalized spacial score (nSPS) is 16.5. The number of benzene rings is 2. The highest BCUT2D eigenvalue weighted by atomic mass is 32.2. The predicted octanol–water partition coefficient (Wildman–Crippen LogP) is 4.40.